The zero-order chi connectivity index (χ0) is 14.8. The second kappa shape index (κ2) is 6.29. The molecule has 106 valence electrons. The van der Waals surface area contributed by atoms with Crippen molar-refractivity contribution in [2.75, 3.05) is 0 Å². The van der Waals surface area contributed by atoms with E-state index in [0.717, 1.165) is 38.5 Å². The van der Waals surface area contributed by atoms with Gasteiger partial charge < -0.3 is 0 Å². The van der Waals surface area contributed by atoms with E-state index in [9.17, 15) is 4.79 Å². The highest BCUT2D eigenvalue weighted by atomic mass is 79.9. The van der Waals surface area contributed by atoms with Gasteiger partial charge in [-0.3, -0.25) is 4.79 Å². The molecule has 0 aromatic heterocycles. The first-order valence-electron chi connectivity index (χ1n) is 6.91. The lowest BCUT2D eigenvalue weighted by atomic mass is 9.88. The van der Waals surface area contributed by atoms with Gasteiger partial charge in [-0.25, -0.2) is 0 Å². The first kappa shape index (κ1) is 14.7. The molecule has 1 aliphatic rings. The fourth-order valence-corrected chi connectivity index (χ4v) is 3.28. The Balaban J connectivity index is 1.88. The maximum Gasteiger partial charge on any atom is 0.170 e. The molecule has 0 N–H and O–H groups in total. The molecular formula is C18H14Br2O. The molecule has 0 saturated carbocycles. The molecule has 0 spiro atoms. The van der Waals surface area contributed by atoms with E-state index in [2.05, 4.69) is 50.1 Å². The van der Waals surface area contributed by atoms with E-state index in [-0.39, 0.29) is 11.7 Å². The molecule has 3 rings (SSSR count). The van der Waals surface area contributed by atoms with Crippen molar-refractivity contribution in [2.45, 2.75) is 12.8 Å². The Bertz CT molecular complexity index is 684. The molecule has 1 aliphatic carbocycles. The predicted octanol–water partition coefficient (Wildman–Crippen LogP) is 5.89. The highest BCUT2D eigenvalue weighted by Crippen LogP contribution is 2.36. The molecule has 0 saturated heterocycles. The van der Waals surface area contributed by atoms with E-state index < -0.39 is 0 Å². The molecule has 2 aromatic rings. The van der Waals surface area contributed by atoms with Gasteiger partial charge >= 0.3 is 0 Å². The van der Waals surface area contributed by atoms with Crippen molar-refractivity contribution in [1.29, 1.82) is 0 Å². The van der Waals surface area contributed by atoms with Crippen LogP contribution >= 0.6 is 31.9 Å². The lowest BCUT2D eigenvalue weighted by molar-refractivity contribution is 0.0949. The quantitative estimate of drug-likeness (QED) is 0.582. The monoisotopic (exact) mass is 404 g/mol. The highest BCUT2D eigenvalue weighted by Gasteiger charge is 2.28. The molecule has 0 heterocycles. The van der Waals surface area contributed by atoms with Gasteiger partial charge in [-0.15, -0.1) is 0 Å². The SMILES string of the molecule is O=C(c1ccc(Br)cc1)[C@@H]1CCC=C1c1ccc(Br)cc1. The van der Waals surface area contributed by atoms with Crippen LogP contribution in [0.1, 0.15) is 28.8 Å². The minimum Gasteiger partial charge on any atom is -0.293 e. The third-order valence-electron chi connectivity index (χ3n) is 3.82. The molecule has 3 heteroatoms. The van der Waals surface area contributed by atoms with Gasteiger partial charge in [0.15, 0.2) is 5.78 Å². The molecule has 0 radical (unpaired) electrons. The number of ketones is 1. The van der Waals surface area contributed by atoms with E-state index in [1.807, 2.05) is 36.4 Å². The number of allylic oxidation sites excluding steroid dienone is 2. The predicted molar refractivity (Wildman–Crippen MR) is 93.3 cm³/mol. The first-order valence-corrected chi connectivity index (χ1v) is 8.49. The van der Waals surface area contributed by atoms with Gasteiger partial charge in [-0.2, -0.15) is 0 Å². The number of hydrogen-bond acceptors (Lipinski definition) is 1. The summed E-state index contributed by atoms with van der Waals surface area (Å²) in [7, 11) is 0. The number of halogens is 2. The molecule has 2 aromatic carbocycles. The minimum absolute atomic E-state index is 0.0210. The highest BCUT2D eigenvalue weighted by molar-refractivity contribution is 9.10. The average molecular weight is 406 g/mol. The maximum absolute atomic E-state index is 12.7. The molecule has 1 atom stereocenters. The molecule has 0 bridgehead atoms. The Kier molecular flexibility index (Phi) is 4.41. The normalized spacial score (nSPS) is 17.6. The van der Waals surface area contributed by atoms with Crippen LogP contribution in [0.25, 0.3) is 5.57 Å². The fourth-order valence-electron chi connectivity index (χ4n) is 2.75. The number of carbonyl (C=O) groups excluding carboxylic acids is 1. The van der Waals surface area contributed by atoms with Gasteiger partial charge in [0.1, 0.15) is 0 Å². The smallest absolute Gasteiger partial charge is 0.170 e. The zero-order valence-corrected chi connectivity index (χ0v) is 14.5. The van der Waals surface area contributed by atoms with E-state index >= 15 is 0 Å². The summed E-state index contributed by atoms with van der Waals surface area (Å²) >= 11 is 6.86. The van der Waals surface area contributed by atoms with Crippen LogP contribution in [0.5, 0.6) is 0 Å². The summed E-state index contributed by atoms with van der Waals surface area (Å²) in [5.41, 5.74) is 3.09. The van der Waals surface area contributed by atoms with Gasteiger partial charge in [-0.1, -0.05) is 62.2 Å². The van der Waals surface area contributed by atoms with Crippen LogP contribution in [0.3, 0.4) is 0 Å². The Morgan fingerprint density at radius 3 is 2.10 bits per heavy atom. The van der Waals surface area contributed by atoms with Crippen LogP contribution in [0.2, 0.25) is 0 Å². The third kappa shape index (κ3) is 3.19. The minimum atomic E-state index is -0.0210. The average Bonchev–Trinajstić information content (AvgIpc) is 2.97. The standard InChI is InChI=1S/C18H14Br2O/c19-14-8-4-12(5-9-14)16-2-1-3-17(16)18(21)13-6-10-15(20)11-7-13/h2,4-11,17H,1,3H2/t17-/m1/s1. The van der Waals surface area contributed by atoms with Crippen molar-refractivity contribution in [3.63, 3.8) is 0 Å². The first-order chi connectivity index (χ1) is 10.1. The van der Waals surface area contributed by atoms with Crippen molar-refractivity contribution in [2.24, 2.45) is 5.92 Å². The summed E-state index contributed by atoms with van der Waals surface area (Å²) in [5, 5.41) is 0. The van der Waals surface area contributed by atoms with E-state index in [0.29, 0.717) is 0 Å². The Hall–Kier alpha value is -1.19. The summed E-state index contributed by atoms with van der Waals surface area (Å²) < 4.78 is 2.05. The van der Waals surface area contributed by atoms with Crippen molar-refractivity contribution >= 4 is 43.2 Å². The van der Waals surface area contributed by atoms with Crippen LogP contribution < -0.4 is 0 Å². The Labute approximate surface area is 141 Å². The molecule has 0 fully saturated rings. The summed E-state index contributed by atoms with van der Waals surface area (Å²) in [6, 6.07) is 15.8. The van der Waals surface area contributed by atoms with Crippen LogP contribution in [-0.2, 0) is 0 Å². The number of Topliss-reactive ketones (excluding diaryl/α,β-unsaturated/α-hetero) is 1. The van der Waals surface area contributed by atoms with Crippen molar-refractivity contribution in [1.82, 2.24) is 0 Å². The Morgan fingerprint density at radius 2 is 1.48 bits per heavy atom. The summed E-state index contributed by atoms with van der Waals surface area (Å²) in [6.45, 7) is 0. The van der Waals surface area contributed by atoms with Crippen LogP contribution in [0, 0.1) is 5.92 Å². The topological polar surface area (TPSA) is 17.1 Å². The second-order valence-corrected chi connectivity index (χ2v) is 7.00. The van der Waals surface area contributed by atoms with E-state index in [1.54, 1.807) is 0 Å². The van der Waals surface area contributed by atoms with E-state index in [4.69, 9.17) is 0 Å². The lowest BCUT2D eigenvalue weighted by Gasteiger charge is -2.14. The number of benzene rings is 2. The number of hydrogen-bond donors (Lipinski definition) is 0. The second-order valence-electron chi connectivity index (χ2n) is 5.17. The van der Waals surface area contributed by atoms with Gasteiger partial charge in [0.25, 0.3) is 0 Å². The zero-order valence-electron chi connectivity index (χ0n) is 11.4. The molecule has 0 unspecified atom stereocenters. The van der Waals surface area contributed by atoms with Gasteiger partial charge in [-0.05, 0) is 48.2 Å². The van der Waals surface area contributed by atoms with Crippen LogP contribution in [-0.4, -0.2) is 5.78 Å². The maximum atomic E-state index is 12.7. The lowest BCUT2D eigenvalue weighted by Crippen LogP contribution is -2.13. The van der Waals surface area contributed by atoms with Gasteiger partial charge in [0, 0.05) is 20.4 Å². The van der Waals surface area contributed by atoms with Crippen molar-refractivity contribution < 1.29 is 4.79 Å². The van der Waals surface area contributed by atoms with Crippen molar-refractivity contribution in [3.05, 3.63) is 74.7 Å². The van der Waals surface area contributed by atoms with E-state index in [1.165, 1.54) is 0 Å². The van der Waals surface area contributed by atoms with Crippen molar-refractivity contribution in [3.8, 4) is 0 Å². The molecule has 0 aliphatic heterocycles. The summed E-state index contributed by atoms with van der Waals surface area (Å²) in [4.78, 5) is 12.7. The van der Waals surface area contributed by atoms with Gasteiger partial charge in [0.2, 0.25) is 0 Å². The third-order valence-corrected chi connectivity index (χ3v) is 4.88. The Morgan fingerprint density at radius 1 is 0.905 bits per heavy atom. The van der Waals surface area contributed by atoms with Crippen LogP contribution in [0.15, 0.2) is 63.6 Å². The molecular weight excluding hydrogens is 392 g/mol. The molecule has 0 amide bonds. The van der Waals surface area contributed by atoms with Crippen LogP contribution in [0.4, 0.5) is 0 Å². The summed E-state index contributed by atoms with van der Waals surface area (Å²) in [6.07, 6.45) is 4.07. The fraction of sp³-hybridized carbons (Fsp3) is 0.167. The largest absolute Gasteiger partial charge is 0.293 e. The van der Waals surface area contributed by atoms with Gasteiger partial charge in [0.05, 0.1) is 0 Å². The molecule has 1 nitrogen and oxygen atoms in total. The summed E-state index contributed by atoms with van der Waals surface area (Å²) in [5.74, 6) is 0.196. The number of rotatable bonds is 3. The number of carbonyl (C=O) groups is 1. The molecule has 21 heavy (non-hydrogen) atoms.